The number of fused-ring (bicyclic) bond motifs is 2. The largest absolute Gasteiger partial charge is 0.493 e. The van der Waals surface area contributed by atoms with Gasteiger partial charge in [0.25, 0.3) is 5.91 Å². The molecule has 1 aliphatic rings. The van der Waals surface area contributed by atoms with E-state index in [0.29, 0.717) is 31.0 Å². The molecule has 0 bridgehead atoms. The van der Waals surface area contributed by atoms with Crippen molar-refractivity contribution in [3.05, 3.63) is 48.2 Å². The molecule has 0 atom stereocenters. The molecule has 2 aromatic heterocycles. The Bertz CT molecular complexity index is 1330. The second kappa shape index (κ2) is 9.89. The van der Waals surface area contributed by atoms with Crippen LogP contribution in [0.2, 0.25) is 0 Å². The number of amides is 1. The minimum Gasteiger partial charge on any atom is -0.493 e. The normalized spacial score (nSPS) is 13.6. The maximum Gasteiger partial charge on any atom is 0.255 e. The maximum atomic E-state index is 13.2. The molecule has 1 N–H and O–H groups in total. The first-order valence-electron chi connectivity index (χ1n) is 11.6. The van der Waals surface area contributed by atoms with Gasteiger partial charge in [-0.15, -0.1) is 0 Å². The Balaban J connectivity index is 1.37. The smallest absolute Gasteiger partial charge is 0.255 e. The second-order valence-corrected chi connectivity index (χ2v) is 8.96. The van der Waals surface area contributed by atoms with E-state index in [9.17, 15) is 4.79 Å². The van der Waals surface area contributed by atoms with E-state index >= 15 is 0 Å². The molecule has 0 spiro atoms. The molecule has 9 heteroatoms. The fraction of sp³-hybridized carbons (Fsp3) is 0.360. The lowest BCUT2D eigenvalue weighted by Gasteiger charge is -2.17. The number of nitrogens with zero attached hydrogens (tertiary/aromatic N) is 5. The Kier molecular flexibility index (Phi) is 6.53. The summed E-state index contributed by atoms with van der Waals surface area (Å²) in [4.78, 5) is 25.0. The highest BCUT2D eigenvalue weighted by Crippen LogP contribution is 2.30. The average molecular weight is 477 g/mol. The van der Waals surface area contributed by atoms with Gasteiger partial charge in [0, 0.05) is 19.6 Å². The van der Waals surface area contributed by atoms with E-state index in [4.69, 9.17) is 14.7 Å². The molecule has 0 saturated carbocycles. The van der Waals surface area contributed by atoms with Crippen molar-refractivity contribution in [2.45, 2.75) is 31.5 Å². The van der Waals surface area contributed by atoms with Crippen molar-refractivity contribution in [2.75, 3.05) is 37.4 Å². The van der Waals surface area contributed by atoms with Crippen molar-refractivity contribution >= 4 is 45.3 Å². The van der Waals surface area contributed by atoms with Crippen molar-refractivity contribution in [3.63, 3.8) is 0 Å². The summed E-state index contributed by atoms with van der Waals surface area (Å²) in [7, 11) is 0. The number of ether oxygens (including phenoxy) is 1. The van der Waals surface area contributed by atoms with Crippen molar-refractivity contribution in [1.29, 1.82) is 0 Å². The van der Waals surface area contributed by atoms with E-state index in [-0.39, 0.29) is 5.91 Å². The number of thioether (sulfide) groups is 1. The monoisotopic (exact) mass is 476 g/mol. The molecule has 34 heavy (non-hydrogen) atoms. The summed E-state index contributed by atoms with van der Waals surface area (Å²) in [6.07, 6.45) is 6.18. The van der Waals surface area contributed by atoms with Gasteiger partial charge in [0.2, 0.25) is 0 Å². The van der Waals surface area contributed by atoms with Gasteiger partial charge in [0.05, 0.1) is 30.3 Å². The Morgan fingerprint density at radius 2 is 1.94 bits per heavy atom. The van der Waals surface area contributed by atoms with Gasteiger partial charge in [-0.2, -0.15) is 5.10 Å². The van der Waals surface area contributed by atoms with E-state index in [1.165, 1.54) is 24.6 Å². The molecule has 8 nitrogen and oxygen atoms in total. The van der Waals surface area contributed by atoms with Gasteiger partial charge < -0.3 is 15.0 Å². The van der Waals surface area contributed by atoms with Gasteiger partial charge in [-0.3, -0.25) is 4.79 Å². The summed E-state index contributed by atoms with van der Waals surface area (Å²) in [5.41, 5.74) is 1.37. The number of nitrogens with one attached hydrogen (secondary N) is 1. The highest BCUT2D eigenvalue weighted by Gasteiger charge is 2.21. The summed E-state index contributed by atoms with van der Waals surface area (Å²) in [6, 6.07) is 11.7. The van der Waals surface area contributed by atoms with Crippen LogP contribution in [0.4, 0.5) is 5.82 Å². The number of anilines is 1. The number of benzene rings is 2. The van der Waals surface area contributed by atoms with Crippen LogP contribution in [-0.4, -0.2) is 58.2 Å². The Morgan fingerprint density at radius 1 is 1.12 bits per heavy atom. The van der Waals surface area contributed by atoms with Crippen LogP contribution < -0.4 is 15.0 Å². The van der Waals surface area contributed by atoms with E-state index in [1.54, 1.807) is 0 Å². The molecule has 1 saturated heterocycles. The molecule has 0 radical (unpaired) electrons. The Hall–Kier alpha value is -3.33. The molecule has 1 aliphatic heterocycles. The van der Waals surface area contributed by atoms with Gasteiger partial charge in [-0.05, 0) is 42.9 Å². The summed E-state index contributed by atoms with van der Waals surface area (Å²) in [6.45, 7) is 5.36. The van der Waals surface area contributed by atoms with Crippen LogP contribution in [0.3, 0.4) is 0 Å². The van der Waals surface area contributed by atoms with E-state index < -0.39 is 0 Å². The van der Waals surface area contributed by atoms with Crippen molar-refractivity contribution in [2.24, 2.45) is 0 Å². The fourth-order valence-corrected chi connectivity index (χ4v) is 4.83. The van der Waals surface area contributed by atoms with Crippen LogP contribution in [0.5, 0.6) is 5.75 Å². The minimum atomic E-state index is -0.158. The first-order valence-corrected chi connectivity index (χ1v) is 12.9. The summed E-state index contributed by atoms with van der Waals surface area (Å²) in [5, 5.41) is 11.2. The van der Waals surface area contributed by atoms with E-state index in [1.807, 2.05) is 60.5 Å². The van der Waals surface area contributed by atoms with Crippen LogP contribution in [-0.2, 0) is 6.54 Å². The lowest BCUT2D eigenvalue weighted by atomic mass is 10.0. The van der Waals surface area contributed by atoms with Gasteiger partial charge in [0.15, 0.2) is 10.8 Å². The lowest BCUT2D eigenvalue weighted by Crippen LogP contribution is -2.28. The maximum absolute atomic E-state index is 13.2. The topological polar surface area (TPSA) is 85.2 Å². The number of carbonyl (C=O) groups excluding carboxylic acids is 1. The molecule has 1 amide bonds. The van der Waals surface area contributed by atoms with E-state index in [0.717, 1.165) is 45.9 Å². The van der Waals surface area contributed by atoms with Crippen molar-refractivity contribution in [1.82, 2.24) is 25.1 Å². The molecule has 3 heterocycles. The van der Waals surface area contributed by atoms with Crippen LogP contribution in [0.1, 0.15) is 30.1 Å². The Labute approximate surface area is 202 Å². The van der Waals surface area contributed by atoms with Gasteiger partial charge in [0.1, 0.15) is 11.6 Å². The van der Waals surface area contributed by atoms with Gasteiger partial charge >= 0.3 is 0 Å². The molecule has 1 fully saturated rings. The van der Waals surface area contributed by atoms with Crippen molar-refractivity contribution < 1.29 is 9.53 Å². The average Bonchev–Trinajstić information content (AvgIpc) is 3.54. The predicted molar refractivity (Wildman–Crippen MR) is 136 cm³/mol. The first kappa shape index (κ1) is 22.5. The molecule has 176 valence electrons. The predicted octanol–water partition coefficient (Wildman–Crippen LogP) is 4.13. The number of rotatable bonds is 8. The molecule has 4 aromatic rings. The Morgan fingerprint density at radius 3 is 2.74 bits per heavy atom. The number of carbonyl (C=O) groups is 1. The third-order valence-electron chi connectivity index (χ3n) is 6.07. The zero-order valence-electron chi connectivity index (χ0n) is 19.5. The number of aromatic nitrogens is 4. The van der Waals surface area contributed by atoms with Crippen LogP contribution in [0.15, 0.2) is 47.8 Å². The first-order chi connectivity index (χ1) is 16.7. The second-order valence-electron chi connectivity index (χ2n) is 8.18. The van der Waals surface area contributed by atoms with Crippen molar-refractivity contribution in [3.8, 4) is 5.75 Å². The summed E-state index contributed by atoms with van der Waals surface area (Å²) in [5.74, 6) is 1.39. The number of hydrogen-bond acceptors (Lipinski definition) is 7. The molecule has 5 rings (SSSR count). The molecule has 0 unspecified atom stereocenters. The zero-order chi connectivity index (χ0) is 23.5. The highest BCUT2D eigenvalue weighted by atomic mass is 32.2. The number of hydrogen-bond donors (Lipinski definition) is 1. The van der Waals surface area contributed by atoms with Crippen LogP contribution in [0.25, 0.3) is 21.8 Å². The zero-order valence-corrected chi connectivity index (χ0v) is 20.3. The highest BCUT2D eigenvalue weighted by molar-refractivity contribution is 7.98. The third-order valence-corrected chi connectivity index (χ3v) is 6.62. The minimum absolute atomic E-state index is 0.158. The lowest BCUT2D eigenvalue weighted by molar-refractivity contribution is 0.0950. The van der Waals surface area contributed by atoms with Gasteiger partial charge in [-0.1, -0.05) is 42.1 Å². The van der Waals surface area contributed by atoms with E-state index in [2.05, 4.69) is 15.3 Å². The molecule has 0 aliphatic carbocycles. The van der Waals surface area contributed by atoms with Crippen LogP contribution in [0, 0.1) is 0 Å². The quantitative estimate of drug-likeness (QED) is 0.302. The molecular formula is C25H28N6O2S. The van der Waals surface area contributed by atoms with Crippen LogP contribution >= 0.6 is 11.8 Å². The van der Waals surface area contributed by atoms with Gasteiger partial charge in [-0.25, -0.2) is 14.6 Å². The fourth-order valence-electron chi connectivity index (χ4n) is 4.47. The molecular weight excluding hydrogens is 448 g/mol. The third kappa shape index (κ3) is 4.27. The molecule has 2 aromatic carbocycles. The standard InChI is InChI=1S/C25H28N6O2S/c1-3-33-20-11-10-17-8-4-5-9-18(17)21(20)24(32)26-12-15-31-23-19(16-27-31)22(28-25(29-23)34-2)30-13-6-7-14-30/h4-5,8-11,16H,3,6-7,12-15H2,1-2H3,(H,26,32). The SMILES string of the molecule is CCOc1ccc2ccccc2c1C(=O)NCCn1ncc2c(N3CCCC3)nc(SC)nc21. The summed E-state index contributed by atoms with van der Waals surface area (Å²) >= 11 is 1.53. The summed E-state index contributed by atoms with van der Waals surface area (Å²) < 4.78 is 7.61.